The molecule has 0 unspecified atom stereocenters. The van der Waals surface area contributed by atoms with E-state index in [4.69, 9.17) is 9.47 Å². The molecule has 1 N–H and O–H groups in total. The molecule has 0 bridgehead atoms. The van der Waals surface area contributed by atoms with Crippen molar-refractivity contribution in [2.75, 3.05) is 26.3 Å². The van der Waals surface area contributed by atoms with E-state index in [-0.39, 0.29) is 10.5 Å². The molecule has 1 saturated heterocycles. The maximum Gasteiger partial charge on any atom is 0.271 e. The Kier molecular flexibility index (Phi) is 7.69. The Hall–Kier alpha value is -3.53. The molecule has 1 aliphatic rings. The lowest BCUT2D eigenvalue weighted by Crippen LogP contribution is -2.40. The summed E-state index contributed by atoms with van der Waals surface area (Å²) in [6.07, 6.45) is 1.51. The van der Waals surface area contributed by atoms with Crippen LogP contribution in [0.5, 0.6) is 5.75 Å². The first-order valence-electron chi connectivity index (χ1n) is 10.8. The molecule has 176 valence electrons. The molecule has 0 aromatic heterocycles. The van der Waals surface area contributed by atoms with Gasteiger partial charge < -0.3 is 9.47 Å². The van der Waals surface area contributed by atoms with Crippen LogP contribution < -0.4 is 10.2 Å². The zero-order valence-electron chi connectivity index (χ0n) is 18.5. The van der Waals surface area contributed by atoms with Gasteiger partial charge in [0.05, 0.1) is 24.3 Å². The van der Waals surface area contributed by atoms with Gasteiger partial charge in [0.15, 0.2) is 0 Å². The number of hydrogen-bond acceptors (Lipinski definition) is 6. The molecule has 34 heavy (non-hydrogen) atoms. The first-order valence-corrected chi connectivity index (χ1v) is 12.2. The van der Waals surface area contributed by atoms with Gasteiger partial charge >= 0.3 is 0 Å². The third-order valence-corrected chi connectivity index (χ3v) is 7.11. The monoisotopic (exact) mass is 479 g/mol. The standard InChI is InChI=1S/C25H25N3O5S/c29-25(22-7-4-8-24(17-22)34(30,31)28-13-15-32-16-14-28)27-26-18-20-9-11-23(12-10-20)33-19-21-5-2-1-3-6-21/h1-12,17-18H,13-16,19H2,(H,27,29). The quantitative estimate of drug-likeness (QED) is 0.396. The summed E-state index contributed by atoms with van der Waals surface area (Å²) in [4.78, 5) is 12.6. The van der Waals surface area contributed by atoms with E-state index < -0.39 is 15.9 Å². The average Bonchev–Trinajstić information content (AvgIpc) is 2.89. The van der Waals surface area contributed by atoms with E-state index in [9.17, 15) is 13.2 Å². The molecule has 3 aromatic carbocycles. The summed E-state index contributed by atoms with van der Waals surface area (Å²) in [6, 6.07) is 23.1. The van der Waals surface area contributed by atoms with Gasteiger partial charge in [0, 0.05) is 18.7 Å². The molecule has 4 rings (SSSR count). The summed E-state index contributed by atoms with van der Waals surface area (Å²) in [7, 11) is -3.69. The van der Waals surface area contributed by atoms with Gasteiger partial charge in [-0.05, 0) is 53.6 Å². The maximum atomic E-state index is 12.8. The second-order valence-corrected chi connectivity index (χ2v) is 9.52. The Morgan fingerprint density at radius 2 is 1.74 bits per heavy atom. The summed E-state index contributed by atoms with van der Waals surface area (Å²) < 4.78 is 38.0. The van der Waals surface area contributed by atoms with Crippen molar-refractivity contribution in [1.29, 1.82) is 0 Å². The van der Waals surface area contributed by atoms with E-state index in [1.807, 2.05) is 54.6 Å². The number of nitrogens with zero attached hydrogens (tertiary/aromatic N) is 2. The summed E-state index contributed by atoms with van der Waals surface area (Å²) in [6.45, 7) is 1.77. The Morgan fingerprint density at radius 1 is 1.00 bits per heavy atom. The average molecular weight is 480 g/mol. The Labute approximate surface area is 198 Å². The molecule has 1 fully saturated rings. The zero-order chi connectivity index (χ0) is 23.8. The number of carbonyl (C=O) groups is 1. The van der Waals surface area contributed by atoms with Crippen molar-refractivity contribution in [3.63, 3.8) is 0 Å². The van der Waals surface area contributed by atoms with Crippen LogP contribution in [0.15, 0.2) is 88.9 Å². The molecule has 8 nitrogen and oxygen atoms in total. The summed E-state index contributed by atoms with van der Waals surface area (Å²) in [5.41, 5.74) is 4.50. The summed E-state index contributed by atoms with van der Waals surface area (Å²) in [5.74, 6) is 0.224. The number of sulfonamides is 1. The lowest BCUT2D eigenvalue weighted by molar-refractivity contribution is 0.0730. The van der Waals surface area contributed by atoms with Crippen LogP contribution >= 0.6 is 0 Å². The number of carbonyl (C=O) groups excluding carboxylic acids is 1. The van der Waals surface area contributed by atoms with E-state index in [0.717, 1.165) is 16.9 Å². The van der Waals surface area contributed by atoms with Gasteiger partial charge in [-0.3, -0.25) is 4.79 Å². The summed E-state index contributed by atoms with van der Waals surface area (Å²) in [5, 5.41) is 3.98. The molecule has 0 atom stereocenters. The van der Waals surface area contributed by atoms with Crippen molar-refractivity contribution in [2.24, 2.45) is 5.10 Å². The number of nitrogens with one attached hydrogen (secondary N) is 1. The normalized spacial score (nSPS) is 14.7. The number of hydrazone groups is 1. The zero-order valence-corrected chi connectivity index (χ0v) is 19.3. The molecule has 0 saturated carbocycles. The molecule has 0 spiro atoms. The smallest absolute Gasteiger partial charge is 0.271 e. The van der Waals surface area contributed by atoms with Crippen LogP contribution in [-0.4, -0.2) is 51.1 Å². The highest BCUT2D eigenvalue weighted by atomic mass is 32.2. The van der Waals surface area contributed by atoms with E-state index in [0.29, 0.717) is 32.9 Å². The van der Waals surface area contributed by atoms with E-state index >= 15 is 0 Å². The fraction of sp³-hybridized carbons (Fsp3) is 0.200. The highest BCUT2D eigenvalue weighted by molar-refractivity contribution is 7.89. The van der Waals surface area contributed by atoms with E-state index in [1.54, 1.807) is 12.1 Å². The predicted molar refractivity (Wildman–Crippen MR) is 128 cm³/mol. The van der Waals surface area contributed by atoms with Crippen molar-refractivity contribution < 1.29 is 22.7 Å². The minimum Gasteiger partial charge on any atom is -0.489 e. The van der Waals surface area contributed by atoms with Gasteiger partial charge in [0.1, 0.15) is 12.4 Å². The number of amides is 1. The van der Waals surface area contributed by atoms with Crippen molar-refractivity contribution in [3.05, 3.63) is 95.6 Å². The SMILES string of the molecule is O=C(NN=Cc1ccc(OCc2ccccc2)cc1)c1cccc(S(=O)(=O)N2CCOCC2)c1. The van der Waals surface area contributed by atoms with Gasteiger partial charge in [-0.2, -0.15) is 9.41 Å². The van der Waals surface area contributed by atoms with Gasteiger partial charge in [-0.1, -0.05) is 36.4 Å². The van der Waals surface area contributed by atoms with Crippen molar-refractivity contribution in [2.45, 2.75) is 11.5 Å². The van der Waals surface area contributed by atoms with Gasteiger partial charge in [0.2, 0.25) is 10.0 Å². The lowest BCUT2D eigenvalue weighted by Gasteiger charge is -2.26. The minimum absolute atomic E-state index is 0.0668. The lowest BCUT2D eigenvalue weighted by atomic mass is 10.2. The Balaban J connectivity index is 1.33. The van der Waals surface area contributed by atoms with Crippen molar-refractivity contribution in [1.82, 2.24) is 9.73 Å². The molecule has 1 amide bonds. The maximum absolute atomic E-state index is 12.8. The first kappa shape index (κ1) is 23.6. The third-order valence-electron chi connectivity index (χ3n) is 5.21. The number of rotatable bonds is 8. The molecule has 1 aliphatic heterocycles. The highest BCUT2D eigenvalue weighted by Gasteiger charge is 2.26. The van der Waals surface area contributed by atoms with Crippen LogP contribution in [0, 0.1) is 0 Å². The van der Waals surface area contributed by atoms with Crippen molar-refractivity contribution >= 4 is 22.1 Å². The van der Waals surface area contributed by atoms with Crippen LogP contribution in [0.25, 0.3) is 0 Å². The van der Waals surface area contributed by atoms with Crippen molar-refractivity contribution in [3.8, 4) is 5.75 Å². The van der Waals surface area contributed by atoms with Crippen LogP contribution in [0.2, 0.25) is 0 Å². The van der Waals surface area contributed by atoms with E-state index in [1.165, 1.54) is 22.7 Å². The van der Waals surface area contributed by atoms with Gasteiger partial charge in [0.25, 0.3) is 5.91 Å². The van der Waals surface area contributed by atoms with Crippen LogP contribution in [0.1, 0.15) is 21.5 Å². The van der Waals surface area contributed by atoms with Crippen LogP contribution in [0.3, 0.4) is 0 Å². The largest absolute Gasteiger partial charge is 0.489 e. The second-order valence-electron chi connectivity index (χ2n) is 7.59. The highest BCUT2D eigenvalue weighted by Crippen LogP contribution is 2.18. The molecule has 1 heterocycles. The topological polar surface area (TPSA) is 97.3 Å². The Bertz CT molecular complexity index is 1240. The first-order chi connectivity index (χ1) is 16.5. The number of morpholine rings is 1. The second kappa shape index (κ2) is 11.1. The predicted octanol–water partition coefficient (Wildman–Crippen LogP) is 3.05. The number of ether oxygens (including phenoxy) is 2. The molecular weight excluding hydrogens is 454 g/mol. The summed E-state index contributed by atoms with van der Waals surface area (Å²) >= 11 is 0. The minimum atomic E-state index is -3.69. The van der Waals surface area contributed by atoms with Gasteiger partial charge in [-0.15, -0.1) is 0 Å². The van der Waals surface area contributed by atoms with Crippen LogP contribution in [0.4, 0.5) is 0 Å². The van der Waals surface area contributed by atoms with Gasteiger partial charge in [-0.25, -0.2) is 13.8 Å². The third kappa shape index (κ3) is 6.07. The number of benzene rings is 3. The molecule has 9 heteroatoms. The number of hydrogen-bond donors (Lipinski definition) is 1. The molecule has 0 aliphatic carbocycles. The fourth-order valence-electron chi connectivity index (χ4n) is 3.35. The molecule has 0 radical (unpaired) electrons. The molecule has 3 aromatic rings. The molecular formula is C25H25N3O5S. The Morgan fingerprint density at radius 3 is 2.47 bits per heavy atom. The van der Waals surface area contributed by atoms with E-state index in [2.05, 4.69) is 10.5 Å². The van der Waals surface area contributed by atoms with Crippen LogP contribution in [-0.2, 0) is 21.4 Å². The fourth-order valence-corrected chi connectivity index (χ4v) is 4.81.